The number of hydrogen-bond donors (Lipinski definition) is 0. The lowest BCUT2D eigenvalue weighted by atomic mass is 9.88. The van der Waals surface area contributed by atoms with E-state index in [1.807, 2.05) is 60.3 Å². The lowest BCUT2D eigenvalue weighted by molar-refractivity contribution is -0.123. The maximum Gasteiger partial charge on any atom is 0.229 e. The Morgan fingerprint density at radius 3 is 1.35 bits per heavy atom. The minimum absolute atomic E-state index is 0.143. The van der Waals surface area contributed by atoms with Crippen molar-refractivity contribution in [3.05, 3.63) is 48.5 Å². The van der Waals surface area contributed by atoms with Gasteiger partial charge in [-0.25, -0.2) is 0 Å². The van der Waals surface area contributed by atoms with Gasteiger partial charge in [-0.05, 0) is 49.9 Å². The molecule has 0 aliphatic heterocycles. The van der Waals surface area contributed by atoms with Gasteiger partial charge < -0.3 is 9.80 Å². The van der Waals surface area contributed by atoms with Crippen molar-refractivity contribution in [3.8, 4) is 0 Å². The second-order valence-corrected chi connectivity index (χ2v) is 11.8. The van der Waals surface area contributed by atoms with Crippen molar-refractivity contribution < 1.29 is 9.59 Å². The smallest absolute Gasteiger partial charge is 0.229 e. The average molecular weight is 497 g/mol. The molecule has 0 saturated heterocycles. The van der Waals surface area contributed by atoms with Gasteiger partial charge in [0.25, 0.3) is 0 Å². The van der Waals surface area contributed by atoms with Gasteiger partial charge in [0.15, 0.2) is 0 Å². The van der Waals surface area contributed by atoms with E-state index in [0.29, 0.717) is 0 Å². The zero-order valence-electron chi connectivity index (χ0n) is 20.4. The van der Waals surface area contributed by atoms with Gasteiger partial charge in [0.05, 0.1) is 11.4 Å². The lowest BCUT2D eigenvalue weighted by Crippen LogP contribution is -2.34. The molecule has 4 rings (SSSR count). The van der Waals surface area contributed by atoms with Crippen molar-refractivity contribution in [2.45, 2.75) is 74.0 Å². The molecule has 2 aromatic rings. The third kappa shape index (κ3) is 6.01. The predicted molar refractivity (Wildman–Crippen MR) is 145 cm³/mol. The molecule has 182 valence electrons. The Morgan fingerprint density at radius 2 is 0.971 bits per heavy atom. The highest BCUT2D eigenvalue weighted by Gasteiger charge is 2.27. The van der Waals surface area contributed by atoms with Gasteiger partial charge in [-0.3, -0.25) is 9.59 Å². The molecule has 2 saturated carbocycles. The van der Waals surface area contributed by atoms with Gasteiger partial charge in [0.1, 0.15) is 0 Å². The topological polar surface area (TPSA) is 40.6 Å². The normalized spacial score (nSPS) is 17.4. The first-order chi connectivity index (χ1) is 16.6. The van der Waals surface area contributed by atoms with Crippen molar-refractivity contribution in [2.75, 3.05) is 23.9 Å². The summed E-state index contributed by atoms with van der Waals surface area (Å²) in [4.78, 5) is 32.2. The maximum absolute atomic E-state index is 13.2. The van der Waals surface area contributed by atoms with Crippen molar-refractivity contribution in [3.63, 3.8) is 0 Å². The second kappa shape index (κ2) is 12.2. The molecule has 0 aromatic heterocycles. The first kappa shape index (κ1) is 25.2. The summed E-state index contributed by atoms with van der Waals surface area (Å²) in [5.41, 5.74) is 1.92. The van der Waals surface area contributed by atoms with E-state index >= 15 is 0 Å². The van der Waals surface area contributed by atoms with E-state index in [-0.39, 0.29) is 23.7 Å². The highest BCUT2D eigenvalue weighted by molar-refractivity contribution is 8.76. The van der Waals surface area contributed by atoms with Crippen LogP contribution >= 0.6 is 21.6 Å². The number of nitrogens with zero attached hydrogens (tertiary/aromatic N) is 2. The van der Waals surface area contributed by atoms with Crippen LogP contribution < -0.4 is 9.80 Å². The van der Waals surface area contributed by atoms with Gasteiger partial charge in [-0.1, -0.05) is 84.4 Å². The Bertz CT molecular complexity index is 904. The number of benzene rings is 2. The van der Waals surface area contributed by atoms with E-state index in [0.717, 1.165) is 72.5 Å². The fourth-order valence-corrected chi connectivity index (χ4v) is 7.60. The summed E-state index contributed by atoms with van der Waals surface area (Å²) in [6.45, 7) is 0. The van der Waals surface area contributed by atoms with Crippen LogP contribution in [0.25, 0.3) is 0 Å². The number of para-hydroxylation sites is 2. The Hall–Kier alpha value is -1.92. The zero-order valence-corrected chi connectivity index (χ0v) is 22.0. The third-order valence-electron chi connectivity index (χ3n) is 7.24. The summed E-state index contributed by atoms with van der Waals surface area (Å²) < 4.78 is 0. The molecule has 34 heavy (non-hydrogen) atoms. The predicted octanol–water partition coefficient (Wildman–Crippen LogP) is 7.57. The summed E-state index contributed by atoms with van der Waals surface area (Å²) in [7, 11) is 7.13. The first-order valence-corrected chi connectivity index (χ1v) is 14.8. The van der Waals surface area contributed by atoms with E-state index in [1.54, 1.807) is 21.6 Å². The molecule has 0 heterocycles. The summed E-state index contributed by atoms with van der Waals surface area (Å²) in [6, 6.07) is 16.3. The molecule has 0 N–H and O–H groups in total. The number of anilines is 2. The molecule has 2 fully saturated rings. The van der Waals surface area contributed by atoms with Crippen LogP contribution in [0.2, 0.25) is 0 Å². The number of rotatable bonds is 7. The van der Waals surface area contributed by atoms with Crippen LogP contribution in [-0.4, -0.2) is 25.9 Å². The SMILES string of the molecule is CN(C(=O)C1CCCCC1)c1ccccc1SSc1ccccc1N(C)C(=O)C1CCCCC1. The lowest BCUT2D eigenvalue weighted by Gasteiger charge is -2.28. The quantitative estimate of drug-likeness (QED) is 0.371. The van der Waals surface area contributed by atoms with Crippen molar-refractivity contribution in [1.29, 1.82) is 0 Å². The highest BCUT2D eigenvalue weighted by Crippen LogP contribution is 2.45. The van der Waals surface area contributed by atoms with Crippen LogP contribution in [-0.2, 0) is 9.59 Å². The fourth-order valence-electron chi connectivity index (χ4n) is 5.18. The molecule has 2 amide bonds. The third-order valence-corrected chi connectivity index (χ3v) is 9.70. The number of carbonyl (C=O) groups is 2. The van der Waals surface area contributed by atoms with E-state index in [2.05, 4.69) is 12.1 Å². The molecule has 2 aliphatic carbocycles. The van der Waals surface area contributed by atoms with Gasteiger partial charge in [0.2, 0.25) is 11.8 Å². The highest BCUT2D eigenvalue weighted by atomic mass is 33.1. The van der Waals surface area contributed by atoms with Crippen LogP contribution in [0.5, 0.6) is 0 Å². The molecule has 2 aliphatic rings. The first-order valence-electron chi connectivity index (χ1n) is 12.6. The van der Waals surface area contributed by atoms with Crippen LogP contribution in [0, 0.1) is 11.8 Å². The Labute approximate surface area is 212 Å². The summed E-state index contributed by atoms with van der Waals surface area (Å²) in [6.07, 6.45) is 11.1. The monoisotopic (exact) mass is 496 g/mol. The van der Waals surface area contributed by atoms with Crippen molar-refractivity contribution in [2.24, 2.45) is 11.8 Å². The number of carbonyl (C=O) groups excluding carboxylic acids is 2. The second-order valence-electron chi connectivity index (χ2n) is 9.57. The summed E-state index contributed by atoms with van der Waals surface area (Å²) in [5, 5.41) is 0. The standard InChI is InChI=1S/C28H36N2O2S2/c1-29(27(31)21-13-5-3-6-14-21)23-17-9-11-19-25(23)33-34-26-20-12-10-18-24(26)30(2)28(32)22-15-7-4-8-16-22/h9-12,17-22H,3-8,13-16H2,1-2H3. The van der Waals surface area contributed by atoms with Crippen LogP contribution in [0.1, 0.15) is 64.2 Å². The van der Waals surface area contributed by atoms with Crippen molar-refractivity contribution in [1.82, 2.24) is 0 Å². The van der Waals surface area contributed by atoms with Gasteiger partial charge in [-0.2, -0.15) is 0 Å². The molecule has 0 unspecified atom stereocenters. The summed E-state index contributed by atoms with van der Waals surface area (Å²) >= 11 is 0. The van der Waals surface area contributed by atoms with Gasteiger partial charge in [-0.15, -0.1) is 0 Å². The number of amides is 2. The van der Waals surface area contributed by atoms with E-state index in [1.165, 1.54) is 12.8 Å². The van der Waals surface area contributed by atoms with Gasteiger partial charge >= 0.3 is 0 Å². The van der Waals surface area contributed by atoms with E-state index in [4.69, 9.17) is 0 Å². The van der Waals surface area contributed by atoms with Gasteiger partial charge in [0, 0.05) is 35.7 Å². The Morgan fingerprint density at radius 1 is 0.618 bits per heavy atom. The largest absolute Gasteiger partial charge is 0.314 e. The Balaban J connectivity index is 1.47. The Kier molecular flexibility index (Phi) is 9.01. The van der Waals surface area contributed by atoms with Crippen LogP contribution in [0.15, 0.2) is 58.3 Å². The molecular formula is C28H36N2O2S2. The van der Waals surface area contributed by atoms with Crippen LogP contribution in [0.4, 0.5) is 11.4 Å². The molecule has 0 spiro atoms. The number of hydrogen-bond acceptors (Lipinski definition) is 4. The van der Waals surface area contributed by atoms with Crippen LogP contribution in [0.3, 0.4) is 0 Å². The van der Waals surface area contributed by atoms with Crippen molar-refractivity contribution >= 4 is 44.8 Å². The molecule has 0 radical (unpaired) electrons. The minimum atomic E-state index is 0.143. The molecule has 4 nitrogen and oxygen atoms in total. The fraction of sp³-hybridized carbons (Fsp3) is 0.500. The average Bonchev–Trinajstić information content (AvgIpc) is 2.91. The maximum atomic E-state index is 13.2. The van der Waals surface area contributed by atoms with E-state index < -0.39 is 0 Å². The molecule has 6 heteroatoms. The molecule has 2 aromatic carbocycles. The zero-order chi connectivity index (χ0) is 23.9. The summed E-state index contributed by atoms with van der Waals surface area (Å²) in [5.74, 6) is 0.751. The van der Waals surface area contributed by atoms with E-state index in [9.17, 15) is 9.59 Å². The molecule has 0 atom stereocenters. The molecular weight excluding hydrogens is 460 g/mol. The minimum Gasteiger partial charge on any atom is -0.314 e. The molecule has 0 bridgehead atoms.